The summed E-state index contributed by atoms with van der Waals surface area (Å²) in [6.07, 6.45) is -5.47. The molecule has 3 rings (SSSR count). The molecule has 1 N–H and O–H groups in total. The number of rotatable bonds is 3. The molecule has 172 valence electrons. The van der Waals surface area contributed by atoms with E-state index in [1.165, 1.54) is 11.3 Å². The second kappa shape index (κ2) is 8.96. The van der Waals surface area contributed by atoms with E-state index in [9.17, 15) is 18.0 Å². The summed E-state index contributed by atoms with van der Waals surface area (Å²) in [6.45, 7) is 10.8. The number of fused-ring (bicyclic) bond motifs is 1. The van der Waals surface area contributed by atoms with Gasteiger partial charge >= 0.3 is 12.3 Å². The predicted octanol–water partition coefficient (Wildman–Crippen LogP) is 6.91. The molecule has 0 aliphatic carbocycles. The van der Waals surface area contributed by atoms with Gasteiger partial charge in [0.05, 0.1) is 19.7 Å². The fraction of sp³-hybridized carbons (Fsp3) is 0.591. The van der Waals surface area contributed by atoms with Crippen molar-refractivity contribution >= 4 is 55.8 Å². The zero-order valence-electron chi connectivity index (χ0n) is 18.3. The molecule has 0 radical (unpaired) electrons. The Labute approximate surface area is 198 Å². The number of anilines is 1. The number of amides is 1. The summed E-state index contributed by atoms with van der Waals surface area (Å²) in [5.41, 5.74) is 0.652. The molecule has 2 aromatic rings. The summed E-state index contributed by atoms with van der Waals surface area (Å²) in [7, 11) is 0. The third-order valence-corrected chi connectivity index (χ3v) is 7.74. The first kappa shape index (κ1) is 24.4. The van der Waals surface area contributed by atoms with E-state index in [4.69, 9.17) is 4.74 Å². The largest absolute Gasteiger partial charge is 0.444 e. The Morgan fingerprint density at radius 3 is 2.39 bits per heavy atom. The lowest BCUT2D eigenvalue weighted by atomic mass is 9.85. The summed E-state index contributed by atoms with van der Waals surface area (Å²) in [5.74, 6) is 0.306. The minimum atomic E-state index is -4.24. The van der Waals surface area contributed by atoms with Crippen molar-refractivity contribution in [2.45, 2.75) is 58.9 Å². The average Bonchev–Trinajstić information content (AvgIpc) is 2.91. The molecule has 1 amide bonds. The molecular formula is C22H28F3IN2O2S. The van der Waals surface area contributed by atoms with Gasteiger partial charge in [-0.2, -0.15) is 13.2 Å². The Hall–Kier alpha value is -1.23. The Balaban J connectivity index is 1.80. The van der Waals surface area contributed by atoms with Crippen LogP contribution in [0.15, 0.2) is 18.2 Å². The van der Waals surface area contributed by atoms with Crippen molar-refractivity contribution in [1.82, 2.24) is 4.90 Å². The number of likely N-dealkylation sites (tertiary alicyclic amines) is 1. The number of hydrogen-bond donors (Lipinski definition) is 1. The molecule has 2 unspecified atom stereocenters. The lowest BCUT2D eigenvalue weighted by Crippen LogP contribution is -2.53. The quantitative estimate of drug-likeness (QED) is 0.409. The van der Waals surface area contributed by atoms with Crippen LogP contribution >= 0.6 is 33.9 Å². The van der Waals surface area contributed by atoms with Gasteiger partial charge < -0.3 is 15.0 Å². The number of halogens is 4. The summed E-state index contributed by atoms with van der Waals surface area (Å²) >= 11 is 3.39. The molecule has 31 heavy (non-hydrogen) atoms. The van der Waals surface area contributed by atoms with Gasteiger partial charge in [0.1, 0.15) is 5.60 Å². The van der Waals surface area contributed by atoms with Crippen LogP contribution in [-0.4, -0.2) is 41.9 Å². The number of piperidine rings is 1. The fourth-order valence-corrected chi connectivity index (χ4v) is 6.28. The number of carbonyl (C=O) groups is 1. The van der Waals surface area contributed by atoms with E-state index in [0.717, 1.165) is 10.4 Å². The molecule has 1 saturated heterocycles. The summed E-state index contributed by atoms with van der Waals surface area (Å²) in [4.78, 5) is 14.2. The highest BCUT2D eigenvalue weighted by atomic mass is 127. The van der Waals surface area contributed by atoms with Gasteiger partial charge in [-0.1, -0.05) is 26.0 Å². The Bertz CT molecular complexity index is 943. The minimum Gasteiger partial charge on any atom is -0.444 e. The monoisotopic (exact) mass is 568 g/mol. The van der Waals surface area contributed by atoms with Gasteiger partial charge in [-0.3, -0.25) is 0 Å². The number of thiophene rings is 1. The fourth-order valence-electron chi connectivity index (χ4n) is 4.12. The van der Waals surface area contributed by atoms with E-state index in [-0.39, 0.29) is 24.0 Å². The highest BCUT2D eigenvalue weighted by Crippen LogP contribution is 2.40. The van der Waals surface area contributed by atoms with Crippen LogP contribution in [-0.2, 0) is 11.2 Å². The first-order valence-electron chi connectivity index (χ1n) is 10.3. The maximum Gasteiger partial charge on any atom is 0.410 e. The van der Waals surface area contributed by atoms with E-state index in [1.54, 1.807) is 17.0 Å². The summed E-state index contributed by atoms with van der Waals surface area (Å²) in [5, 5.41) is 4.24. The molecule has 1 aliphatic rings. The third-order valence-electron chi connectivity index (χ3n) is 5.36. The molecule has 2 heterocycles. The van der Waals surface area contributed by atoms with Crippen LogP contribution in [0.3, 0.4) is 0 Å². The molecule has 4 nitrogen and oxygen atoms in total. The molecule has 0 bridgehead atoms. The van der Waals surface area contributed by atoms with Crippen LogP contribution in [0.4, 0.5) is 23.7 Å². The van der Waals surface area contributed by atoms with Gasteiger partial charge in [0, 0.05) is 19.1 Å². The molecule has 0 spiro atoms. The van der Waals surface area contributed by atoms with E-state index in [2.05, 4.69) is 19.2 Å². The molecule has 1 aromatic heterocycles. The number of ether oxygens (including phenoxy) is 1. The normalized spacial score (nSPS) is 22.6. The van der Waals surface area contributed by atoms with Crippen molar-refractivity contribution in [3.05, 3.63) is 26.6 Å². The Kier molecular flexibility index (Phi) is 7.05. The van der Waals surface area contributed by atoms with Crippen molar-refractivity contribution in [1.29, 1.82) is 0 Å². The van der Waals surface area contributed by atoms with Gasteiger partial charge in [0.2, 0.25) is 0 Å². The zero-order valence-corrected chi connectivity index (χ0v) is 21.2. The molecule has 1 aliphatic heterocycles. The zero-order chi connectivity index (χ0) is 23.1. The molecule has 1 aromatic carbocycles. The van der Waals surface area contributed by atoms with E-state index >= 15 is 0 Å². The number of benzene rings is 1. The first-order chi connectivity index (χ1) is 14.2. The van der Waals surface area contributed by atoms with Crippen molar-refractivity contribution < 1.29 is 22.7 Å². The average molecular weight is 568 g/mol. The standard InChI is InChI=1S/C22H28F3IN2O2S/c1-12-10-28(20(29)30-21(3,4)5)11-13(2)17(12)27-16-8-6-7-14-15(9-22(23,24)25)19(26)31-18(14)16/h6-8,12-13,17,27H,9-11H2,1-5H3. The number of nitrogens with zero attached hydrogens (tertiary/aromatic N) is 1. The van der Waals surface area contributed by atoms with Gasteiger partial charge in [0.25, 0.3) is 0 Å². The van der Waals surface area contributed by atoms with Gasteiger partial charge in [-0.05, 0) is 72.2 Å². The first-order valence-corrected chi connectivity index (χ1v) is 12.2. The Morgan fingerprint density at radius 2 is 1.84 bits per heavy atom. The van der Waals surface area contributed by atoms with Crippen LogP contribution in [0.25, 0.3) is 10.1 Å². The van der Waals surface area contributed by atoms with Crippen molar-refractivity contribution in [2.24, 2.45) is 11.8 Å². The van der Waals surface area contributed by atoms with Crippen LogP contribution in [0.1, 0.15) is 40.2 Å². The number of nitrogens with one attached hydrogen (secondary N) is 1. The second-order valence-corrected chi connectivity index (χ2v) is 12.2. The Morgan fingerprint density at radius 1 is 1.23 bits per heavy atom. The lowest BCUT2D eigenvalue weighted by molar-refractivity contribution is -0.127. The van der Waals surface area contributed by atoms with Crippen molar-refractivity contribution in [2.75, 3.05) is 18.4 Å². The van der Waals surface area contributed by atoms with Crippen molar-refractivity contribution in [3.63, 3.8) is 0 Å². The topological polar surface area (TPSA) is 41.6 Å². The number of alkyl halides is 3. The highest BCUT2D eigenvalue weighted by molar-refractivity contribution is 14.1. The van der Waals surface area contributed by atoms with E-state index < -0.39 is 18.2 Å². The van der Waals surface area contributed by atoms with E-state index in [1.807, 2.05) is 49.4 Å². The lowest BCUT2D eigenvalue weighted by Gasteiger charge is -2.42. The minimum absolute atomic E-state index is 0.0927. The van der Waals surface area contributed by atoms with E-state index in [0.29, 0.717) is 26.9 Å². The maximum absolute atomic E-state index is 13.1. The highest BCUT2D eigenvalue weighted by Gasteiger charge is 2.36. The van der Waals surface area contributed by atoms with Gasteiger partial charge in [0.15, 0.2) is 0 Å². The second-order valence-electron chi connectivity index (χ2n) is 9.34. The smallest absolute Gasteiger partial charge is 0.410 e. The van der Waals surface area contributed by atoms with Crippen LogP contribution in [0.5, 0.6) is 0 Å². The van der Waals surface area contributed by atoms with Crippen LogP contribution < -0.4 is 5.32 Å². The maximum atomic E-state index is 13.1. The third kappa shape index (κ3) is 5.97. The molecule has 1 fully saturated rings. The molecule has 9 heteroatoms. The SMILES string of the molecule is CC1CN(C(=O)OC(C)(C)C)CC(C)C1Nc1cccc2c(CC(F)(F)F)c(I)sc12. The van der Waals surface area contributed by atoms with Crippen LogP contribution in [0, 0.1) is 14.7 Å². The molecule has 2 atom stereocenters. The van der Waals surface area contributed by atoms with Crippen LogP contribution in [0.2, 0.25) is 0 Å². The van der Waals surface area contributed by atoms with Gasteiger partial charge in [-0.25, -0.2) is 4.79 Å². The number of hydrogen-bond acceptors (Lipinski definition) is 4. The molecular weight excluding hydrogens is 540 g/mol. The number of carbonyl (C=O) groups excluding carboxylic acids is 1. The summed E-state index contributed by atoms with van der Waals surface area (Å²) < 4.78 is 46.2. The predicted molar refractivity (Wildman–Crippen MR) is 128 cm³/mol. The van der Waals surface area contributed by atoms with Crippen molar-refractivity contribution in [3.8, 4) is 0 Å². The summed E-state index contributed by atoms with van der Waals surface area (Å²) in [6, 6.07) is 5.58. The van der Waals surface area contributed by atoms with Gasteiger partial charge in [-0.15, -0.1) is 11.3 Å². The molecule has 0 saturated carbocycles.